The van der Waals surface area contributed by atoms with Crippen LogP contribution in [-0.4, -0.2) is 28.0 Å². The van der Waals surface area contributed by atoms with E-state index in [4.69, 9.17) is 0 Å². The van der Waals surface area contributed by atoms with Crippen molar-refractivity contribution >= 4 is 25.8 Å². The summed E-state index contributed by atoms with van der Waals surface area (Å²) in [5.41, 5.74) is 0.455. The molecule has 0 saturated heterocycles. The minimum atomic E-state index is -4.14. The molecule has 2 rings (SSSR count). The third-order valence-corrected chi connectivity index (χ3v) is 6.73. The van der Waals surface area contributed by atoms with Gasteiger partial charge >= 0.3 is 0 Å². The maximum atomic E-state index is 12.9. The quantitative estimate of drug-likeness (QED) is 0.763. The Hall–Kier alpha value is -2.26. The normalized spacial score (nSPS) is 13.2. The van der Waals surface area contributed by atoms with Gasteiger partial charge in [-0.2, -0.15) is 0 Å². The van der Waals surface area contributed by atoms with Gasteiger partial charge in [-0.05, 0) is 36.8 Å². The predicted octanol–water partition coefficient (Wildman–Crippen LogP) is 1.63. The molecule has 1 atom stereocenters. The molecule has 0 heterocycles. The van der Waals surface area contributed by atoms with E-state index in [-0.39, 0.29) is 4.90 Å². The molecule has 0 fully saturated rings. The third kappa shape index (κ3) is 4.86. The van der Waals surface area contributed by atoms with Crippen molar-refractivity contribution in [2.75, 3.05) is 0 Å². The number of rotatable bonds is 6. The summed E-state index contributed by atoms with van der Waals surface area (Å²) in [4.78, 5) is 11.8. The summed E-state index contributed by atoms with van der Waals surface area (Å²) < 4.78 is 63.5. The SMILES string of the molecule is C[C@H](C(=O)NS(=O)(=O)Cc1ccccc1)S(=O)(=O)c1ccc(F)cc1. The summed E-state index contributed by atoms with van der Waals surface area (Å²) >= 11 is 0. The number of benzene rings is 2. The van der Waals surface area contributed by atoms with Gasteiger partial charge in [0.1, 0.15) is 11.1 Å². The van der Waals surface area contributed by atoms with Crippen LogP contribution in [0.15, 0.2) is 59.5 Å². The van der Waals surface area contributed by atoms with Crippen molar-refractivity contribution in [1.82, 2.24) is 4.72 Å². The molecule has 0 aromatic heterocycles. The Morgan fingerprint density at radius 1 is 1.00 bits per heavy atom. The zero-order valence-corrected chi connectivity index (χ0v) is 14.8. The molecule has 0 spiro atoms. The molecule has 2 aromatic rings. The van der Waals surface area contributed by atoms with Gasteiger partial charge in [-0.25, -0.2) is 21.2 Å². The fourth-order valence-electron chi connectivity index (χ4n) is 2.04. The number of sulfone groups is 1. The van der Waals surface area contributed by atoms with Crippen LogP contribution in [0.2, 0.25) is 0 Å². The first kappa shape index (κ1) is 19.1. The van der Waals surface area contributed by atoms with Gasteiger partial charge in [-0.15, -0.1) is 0 Å². The number of hydrogen-bond acceptors (Lipinski definition) is 5. The average molecular weight is 385 g/mol. The molecule has 1 amide bonds. The lowest BCUT2D eigenvalue weighted by Gasteiger charge is -2.14. The molecule has 0 radical (unpaired) electrons. The van der Waals surface area contributed by atoms with Crippen molar-refractivity contribution in [3.63, 3.8) is 0 Å². The Balaban J connectivity index is 2.15. The second kappa shape index (κ2) is 7.32. The summed E-state index contributed by atoms with van der Waals surface area (Å²) in [6, 6.07) is 12.1. The zero-order chi connectivity index (χ0) is 18.7. The van der Waals surface area contributed by atoms with Crippen molar-refractivity contribution in [3.8, 4) is 0 Å². The van der Waals surface area contributed by atoms with Gasteiger partial charge in [0.05, 0.1) is 10.6 Å². The molecule has 1 N–H and O–H groups in total. The fourth-order valence-corrected chi connectivity index (χ4v) is 4.56. The van der Waals surface area contributed by atoms with E-state index in [1.807, 2.05) is 0 Å². The molecular formula is C16H16FNO5S2. The molecule has 0 unspecified atom stereocenters. The van der Waals surface area contributed by atoms with E-state index < -0.39 is 42.6 Å². The van der Waals surface area contributed by atoms with Gasteiger partial charge in [-0.1, -0.05) is 30.3 Å². The van der Waals surface area contributed by atoms with Crippen molar-refractivity contribution in [3.05, 3.63) is 66.0 Å². The number of sulfonamides is 1. The van der Waals surface area contributed by atoms with Crippen molar-refractivity contribution in [2.45, 2.75) is 22.8 Å². The average Bonchev–Trinajstić information content (AvgIpc) is 2.54. The predicted molar refractivity (Wildman–Crippen MR) is 90.3 cm³/mol. The summed E-state index contributed by atoms with van der Waals surface area (Å²) in [6.07, 6.45) is 0. The molecule has 0 saturated carbocycles. The first-order valence-corrected chi connectivity index (χ1v) is 10.4. The summed E-state index contributed by atoms with van der Waals surface area (Å²) in [6.45, 7) is 1.08. The molecule has 25 heavy (non-hydrogen) atoms. The zero-order valence-electron chi connectivity index (χ0n) is 13.2. The smallest absolute Gasteiger partial charge is 0.251 e. The van der Waals surface area contributed by atoms with Gasteiger partial charge in [-0.3, -0.25) is 9.52 Å². The second-order valence-electron chi connectivity index (χ2n) is 5.35. The summed E-state index contributed by atoms with van der Waals surface area (Å²) in [7, 11) is -8.20. The van der Waals surface area contributed by atoms with Crippen LogP contribution in [-0.2, 0) is 30.4 Å². The highest BCUT2D eigenvalue weighted by Crippen LogP contribution is 2.17. The van der Waals surface area contributed by atoms with E-state index in [9.17, 15) is 26.0 Å². The Labute approximate surface area is 145 Å². The van der Waals surface area contributed by atoms with Crippen LogP contribution in [0.3, 0.4) is 0 Å². The van der Waals surface area contributed by atoms with E-state index in [1.54, 1.807) is 35.1 Å². The third-order valence-electron chi connectivity index (χ3n) is 3.43. The van der Waals surface area contributed by atoms with Gasteiger partial charge in [0.15, 0.2) is 9.84 Å². The lowest BCUT2D eigenvalue weighted by atomic mass is 10.2. The molecule has 9 heteroatoms. The van der Waals surface area contributed by atoms with E-state index in [2.05, 4.69) is 0 Å². The van der Waals surface area contributed by atoms with Crippen molar-refractivity contribution < 1.29 is 26.0 Å². The molecule has 0 bridgehead atoms. The van der Waals surface area contributed by atoms with E-state index in [0.29, 0.717) is 5.56 Å². The Morgan fingerprint density at radius 2 is 1.56 bits per heavy atom. The van der Waals surface area contributed by atoms with Crippen LogP contribution in [0.5, 0.6) is 0 Å². The van der Waals surface area contributed by atoms with Gasteiger partial charge in [0, 0.05) is 0 Å². The van der Waals surface area contributed by atoms with Gasteiger partial charge < -0.3 is 0 Å². The monoisotopic (exact) mass is 385 g/mol. The largest absolute Gasteiger partial charge is 0.273 e. The molecule has 2 aromatic carbocycles. The highest BCUT2D eigenvalue weighted by molar-refractivity contribution is 7.93. The van der Waals surface area contributed by atoms with Crippen LogP contribution >= 0.6 is 0 Å². The number of amides is 1. The van der Waals surface area contributed by atoms with Crippen molar-refractivity contribution in [1.29, 1.82) is 0 Å². The summed E-state index contributed by atoms with van der Waals surface area (Å²) in [5.74, 6) is -2.25. The number of carbonyl (C=O) groups is 1. The number of halogens is 1. The molecule has 134 valence electrons. The Kier molecular flexibility index (Phi) is 5.58. The van der Waals surface area contributed by atoms with Crippen LogP contribution in [0.4, 0.5) is 4.39 Å². The lowest BCUT2D eigenvalue weighted by Crippen LogP contribution is -2.41. The fraction of sp³-hybridized carbons (Fsp3) is 0.188. The van der Waals surface area contributed by atoms with Gasteiger partial charge in [0.2, 0.25) is 10.0 Å². The van der Waals surface area contributed by atoms with Gasteiger partial charge in [0.25, 0.3) is 5.91 Å². The molecule has 6 nitrogen and oxygen atoms in total. The van der Waals surface area contributed by atoms with Crippen LogP contribution in [0, 0.1) is 5.82 Å². The maximum Gasteiger partial charge on any atom is 0.251 e. The van der Waals surface area contributed by atoms with Crippen LogP contribution in [0.1, 0.15) is 12.5 Å². The van der Waals surface area contributed by atoms with E-state index in [0.717, 1.165) is 31.2 Å². The molecular weight excluding hydrogens is 369 g/mol. The van der Waals surface area contributed by atoms with Crippen LogP contribution in [0.25, 0.3) is 0 Å². The number of nitrogens with one attached hydrogen (secondary N) is 1. The first-order valence-electron chi connectivity index (χ1n) is 7.19. The Morgan fingerprint density at radius 3 is 2.12 bits per heavy atom. The standard InChI is InChI=1S/C16H16FNO5S2/c1-12(25(22,23)15-9-7-14(17)8-10-15)16(19)18-24(20,21)11-13-5-3-2-4-6-13/h2-10,12H,11H2,1H3,(H,18,19)/t12-/m1/s1. The Bertz CT molecular complexity index is 955. The van der Waals surface area contributed by atoms with Crippen LogP contribution < -0.4 is 4.72 Å². The van der Waals surface area contributed by atoms with Crippen molar-refractivity contribution in [2.24, 2.45) is 0 Å². The first-order chi connectivity index (χ1) is 11.6. The molecule has 0 aliphatic heterocycles. The summed E-state index contributed by atoms with van der Waals surface area (Å²) in [5, 5.41) is -1.65. The molecule has 0 aliphatic rings. The second-order valence-corrected chi connectivity index (χ2v) is 9.34. The highest BCUT2D eigenvalue weighted by atomic mass is 32.2. The topological polar surface area (TPSA) is 97.4 Å². The minimum absolute atomic E-state index is 0.267. The molecule has 0 aliphatic carbocycles. The minimum Gasteiger partial charge on any atom is -0.273 e. The highest BCUT2D eigenvalue weighted by Gasteiger charge is 2.32. The maximum absolute atomic E-state index is 12.9. The number of carbonyl (C=O) groups excluding carboxylic acids is 1. The van der Waals surface area contributed by atoms with E-state index in [1.165, 1.54) is 0 Å². The number of hydrogen-bond donors (Lipinski definition) is 1. The lowest BCUT2D eigenvalue weighted by molar-refractivity contribution is -0.118. The van der Waals surface area contributed by atoms with E-state index >= 15 is 0 Å².